The molecule has 1 saturated heterocycles. The molecule has 1 heterocycles. The molecule has 13 heavy (non-hydrogen) atoms. The fourth-order valence-corrected chi connectivity index (χ4v) is 1.92. The highest BCUT2D eigenvalue weighted by molar-refractivity contribution is 4.82. The minimum absolute atomic E-state index is 0.721. The van der Waals surface area contributed by atoms with E-state index < -0.39 is 0 Å². The van der Waals surface area contributed by atoms with Gasteiger partial charge >= 0.3 is 0 Å². The van der Waals surface area contributed by atoms with E-state index in [2.05, 4.69) is 37.7 Å². The molecular weight excluding hydrogens is 160 g/mol. The summed E-state index contributed by atoms with van der Waals surface area (Å²) < 4.78 is 0. The van der Waals surface area contributed by atoms with Crippen molar-refractivity contribution in [3.63, 3.8) is 0 Å². The van der Waals surface area contributed by atoms with Crippen molar-refractivity contribution in [3.8, 4) is 0 Å². The monoisotopic (exact) mass is 186 g/mol. The van der Waals surface area contributed by atoms with Gasteiger partial charge in [-0.2, -0.15) is 0 Å². The van der Waals surface area contributed by atoms with Gasteiger partial charge in [-0.15, -0.1) is 0 Å². The summed E-state index contributed by atoms with van der Waals surface area (Å²) in [6.07, 6.45) is 1.27. The fraction of sp³-hybridized carbons (Fsp3) is 1.00. The number of nitrogens with zero attached hydrogens (tertiary/aromatic N) is 2. The first-order valence-corrected chi connectivity index (χ1v) is 5.55. The molecule has 0 aromatic heterocycles. The molecule has 0 aliphatic carbocycles. The Balaban J connectivity index is 0.000000671. The van der Waals surface area contributed by atoms with Crippen molar-refractivity contribution in [2.24, 2.45) is 0 Å². The molecule has 0 amide bonds. The standard InChI is InChI=1S/C9H20N2.C2H6/c1-5-9-7-10(3)6-8(2)11(9)4;1-2/h8-9H,5-7H2,1-4H3;1-2H3. The molecule has 1 aliphatic heterocycles. The Kier molecular flexibility index (Phi) is 6.35. The van der Waals surface area contributed by atoms with E-state index in [0.717, 1.165) is 12.1 Å². The third-order valence-corrected chi connectivity index (χ3v) is 2.84. The van der Waals surface area contributed by atoms with Crippen LogP contribution >= 0.6 is 0 Å². The molecule has 1 fully saturated rings. The van der Waals surface area contributed by atoms with Crippen LogP contribution < -0.4 is 0 Å². The molecule has 0 N–H and O–H groups in total. The van der Waals surface area contributed by atoms with Gasteiger partial charge in [0.2, 0.25) is 0 Å². The molecule has 2 nitrogen and oxygen atoms in total. The van der Waals surface area contributed by atoms with Crippen molar-refractivity contribution in [2.45, 2.75) is 46.2 Å². The van der Waals surface area contributed by atoms with Crippen molar-refractivity contribution >= 4 is 0 Å². The van der Waals surface area contributed by atoms with Crippen molar-refractivity contribution in [2.75, 3.05) is 27.2 Å². The molecule has 2 unspecified atom stereocenters. The summed E-state index contributed by atoms with van der Waals surface area (Å²) in [6.45, 7) is 11.0. The predicted octanol–water partition coefficient (Wildman–Crippen LogP) is 2.06. The van der Waals surface area contributed by atoms with Gasteiger partial charge < -0.3 is 4.90 Å². The van der Waals surface area contributed by atoms with Gasteiger partial charge in [-0.1, -0.05) is 20.8 Å². The maximum absolute atomic E-state index is 2.50. The second-order valence-corrected chi connectivity index (χ2v) is 3.80. The highest BCUT2D eigenvalue weighted by Crippen LogP contribution is 2.13. The number of hydrogen-bond acceptors (Lipinski definition) is 2. The van der Waals surface area contributed by atoms with Crippen LogP contribution in [0.5, 0.6) is 0 Å². The van der Waals surface area contributed by atoms with Gasteiger partial charge in [0.25, 0.3) is 0 Å². The van der Waals surface area contributed by atoms with E-state index in [1.807, 2.05) is 13.8 Å². The summed E-state index contributed by atoms with van der Waals surface area (Å²) in [5.41, 5.74) is 0. The van der Waals surface area contributed by atoms with Crippen LogP contribution in [0.1, 0.15) is 34.1 Å². The largest absolute Gasteiger partial charge is 0.303 e. The molecule has 0 spiro atoms. The molecular formula is C11H26N2. The van der Waals surface area contributed by atoms with E-state index in [1.54, 1.807) is 0 Å². The lowest BCUT2D eigenvalue weighted by molar-refractivity contribution is 0.0647. The summed E-state index contributed by atoms with van der Waals surface area (Å²) in [5.74, 6) is 0. The first-order chi connectivity index (χ1) is 6.15. The first kappa shape index (κ1) is 12.9. The number of piperazine rings is 1. The zero-order valence-electron chi connectivity index (χ0n) is 10.2. The Hall–Kier alpha value is -0.0800. The minimum atomic E-state index is 0.721. The highest BCUT2D eigenvalue weighted by Gasteiger charge is 2.25. The van der Waals surface area contributed by atoms with Gasteiger partial charge in [0, 0.05) is 25.2 Å². The highest BCUT2D eigenvalue weighted by atomic mass is 15.3. The number of likely N-dealkylation sites (N-methyl/N-ethyl adjacent to an activating group) is 2. The third kappa shape index (κ3) is 3.65. The second kappa shape index (κ2) is 6.39. The van der Waals surface area contributed by atoms with E-state index in [-0.39, 0.29) is 0 Å². The van der Waals surface area contributed by atoms with Gasteiger partial charge in [0.05, 0.1) is 0 Å². The molecule has 80 valence electrons. The lowest BCUT2D eigenvalue weighted by atomic mass is 10.1. The first-order valence-electron chi connectivity index (χ1n) is 5.55. The maximum Gasteiger partial charge on any atom is 0.0220 e. The van der Waals surface area contributed by atoms with Crippen molar-refractivity contribution < 1.29 is 0 Å². The smallest absolute Gasteiger partial charge is 0.0220 e. The average molecular weight is 186 g/mol. The Bertz CT molecular complexity index is 125. The van der Waals surface area contributed by atoms with Crippen LogP contribution in [0.3, 0.4) is 0 Å². The minimum Gasteiger partial charge on any atom is -0.303 e. The summed E-state index contributed by atoms with van der Waals surface area (Å²) in [5, 5.41) is 0. The SMILES string of the molecule is CC.CCC1CN(C)CC(C)N1C. The van der Waals surface area contributed by atoms with Gasteiger partial charge in [0.15, 0.2) is 0 Å². The molecule has 2 heteroatoms. The van der Waals surface area contributed by atoms with E-state index in [9.17, 15) is 0 Å². The second-order valence-electron chi connectivity index (χ2n) is 3.80. The average Bonchev–Trinajstić information content (AvgIpc) is 2.14. The molecule has 0 bridgehead atoms. The fourth-order valence-electron chi connectivity index (χ4n) is 1.92. The summed E-state index contributed by atoms with van der Waals surface area (Å²) >= 11 is 0. The Morgan fingerprint density at radius 1 is 1.15 bits per heavy atom. The van der Waals surface area contributed by atoms with Crippen LogP contribution in [-0.4, -0.2) is 49.1 Å². The molecule has 0 saturated carbocycles. The normalized spacial score (nSPS) is 30.9. The van der Waals surface area contributed by atoms with Crippen LogP contribution in [0.15, 0.2) is 0 Å². The molecule has 0 aromatic rings. The van der Waals surface area contributed by atoms with Crippen molar-refractivity contribution in [1.29, 1.82) is 0 Å². The summed E-state index contributed by atoms with van der Waals surface area (Å²) in [4.78, 5) is 4.93. The Morgan fingerprint density at radius 2 is 1.69 bits per heavy atom. The lowest BCUT2D eigenvalue weighted by Crippen LogP contribution is -2.54. The van der Waals surface area contributed by atoms with E-state index in [4.69, 9.17) is 0 Å². The molecule has 1 aliphatic rings. The molecule has 2 atom stereocenters. The maximum atomic E-state index is 2.50. The molecule has 1 rings (SSSR count). The van der Waals surface area contributed by atoms with E-state index in [0.29, 0.717) is 0 Å². The van der Waals surface area contributed by atoms with E-state index >= 15 is 0 Å². The predicted molar refractivity (Wildman–Crippen MR) is 60.1 cm³/mol. The van der Waals surface area contributed by atoms with Crippen LogP contribution in [-0.2, 0) is 0 Å². The Morgan fingerprint density at radius 3 is 2.15 bits per heavy atom. The quantitative estimate of drug-likeness (QED) is 0.618. The van der Waals surface area contributed by atoms with Crippen LogP contribution in [0.25, 0.3) is 0 Å². The molecule has 0 radical (unpaired) electrons. The zero-order valence-corrected chi connectivity index (χ0v) is 10.2. The van der Waals surface area contributed by atoms with Gasteiger partial charge in [-0.25, -0.2) is 0 Å². The van der Waals surface area contributed by atoms with Gasteiger partial charge in [0.1, 0.15) is 0 Å². The summed E-state index contributed by atoms with van der Waals surface area (Å²) in [7, 11) is 4.46. The van der Waals surface area contributed by atoms with Gasteiger partial charge in [-0.3, -0.25) is 4.90 Å². The molecule has 0 aromatic carbocycles. The van der Waals surface area contributed by atoms with Gasteiger partial charge in [-0.05, 0) is 27.4 Å². The Labute approximate surface area is 83.9 Å². The van der Waals surface area contributed by atoms with Crippen molar-refractivity contribution in [1.82, 2.24) is 9.80 Å². The third-order valence-electron chi connectivity index (χ3n) is 2.84. The van der Waals surface area contributed by atoms with E-state index in [1.165, 1.54) is 19.5 Å². The number of hydrogen-bond donors (Lipinski definition) is 0. The van der Waals surface area contributed by atoms with Crippen LogP contribution in [0, 0.1) is 0 Å². The number of rotatable bonds is 1. The van der Waals surface area contributed by atoms with Crippen LogP contribution in [0.2, 0.25) is 0 Å². The topological polar surface area (TPSA) is 6.48 Å². The summed E-state index contributed by atoms with van der Waals surface area (Å²) in [6, 6.07) is 1.49. The lowest BCUT2D eigenvalue weighted by Gasteiger charge is -2.42. The van der Waals surface area contributed by atoms with Crippen molar-refractivity contribution in [3.05, 3.63) is 0 Å². The zero-order chi connectivity index (χ0) is 10.4. The van der Waals surface area contributed by atoms with Crippen LogP contribution in [0.4, 0.5) is 0 Å².